The molecule has 0 spiro atoms. The number of rotatable bonds is 3. The van der Waals surface area contributed by atoms with Crippen LogP contribution in [0.1, 0.15) is 48.5 Å². The Hall–Kier alpha value is -2.03. The zero-order valence-electron chi connectivity index (χ0n) is 14.1. The Kier molecular flexibility index (Phi) is 4.56. The summed E-state index contributed by atoms with van der Waals surface area (Å²) in [5, 5.41) is 2.16. The van der Waals surface area contributed by atoms with Crippen molar-refractivity contribution in [2.75, 3.05) is 7.11 Å². The van der Waals surface area contributed by atoms with Crippen molar-refractivity contribution in [2.45, 2.75) is 45.6 Å². The van der Waals surface area contributed by atoms with Gasteiger partial charge in [0.2, 0.25) is 0 Å². The van der Waals surface area contributed by atoms with Crippen molar-refractivity contribution in [3.63, 3.8) is 0 Å². The minimum Gasteiger partial charge on any atom is -0.490 e. The lowest BCUT2D eigenvalue weighted by atomic mass is 9.89. The minimum absolute atomic E-state index is 0.304. The maximum atomic E-state index is 11.7. The van der Waals surface area contributed by atoms with Gasteiger partial charge in [-0.25, -0.2) is 4.79 Å². The van der Waals surface area contributed by atoms with Gasteiger partial charge in [-0.3, -0.25) is 0 Å². The van der Waals surface area contributed by atoms with Gasteiger partial charge in [0.1, 0.15) is 5.75 Å². The molecule has 3 heteroatoms. The molecule has 3 rings (SSSR count). The monoisotopic (exact) mass is 312 g/mol. The molecule has 1 aliphatic rings. The Labute approximate surface area is 137 Å². The Morgan fingerprint density at radius 1 is 1.09 bits per heavy atom. The molecule has 3 nitrogen and oxygen atoms in total. The van der Waals surface area contributed by atoms with Gasteiger partial charge in [-0.05, 0) is 73.1 Å². The van der Waals surface area contributed by atoms with Crippen LogP contribution >= 0.6 is 0 Å². The second-order valence-corrected chi connectivity index (χ2v) is 6.62. The highest BCUT2D eigenvalue weighted by Gasteiger charge is 2.20. The van der Waals surface area contributed by atoms with E-state index >= 15 is 0 Å². The molecule has 2 aromatic carbocycles. The smallest absolute Gasteiger partial charge is 0.337 e. The number of hydrogen-bond donors (Lipinski definition) is 0. The van der Waals surface area contributed by atoms with E-state index in [9.17, 15) is 4.79 Å². The summed E-state index contributed by atoms with van der Waals surface area (Å²) < 4.78 is 11.0. The number of esters is 1. The van der Waals surface area contributed by atoms with E-state index in [-0.39, 0.29) is 5.97 Å². The molecule has 1 saturated carbocycles. The standard InChI is InChI=1S/C20H24O3/c1-13-4-8-17(9-5-13)23-19-11-7-15-12-16(20(21)22-3)6-10-18(15)14(19)2/h6-7,10-13,17H,4-5,8-9H2,1-3H3. The number of benzene rings is 2. The molecule has 2 aromatic rings. The van der Waals surface area contributed by atoms with Crippen LogP contribution in [0.25, 0.3) is 10.8 Å². The number of fused-ring (bicyclic) bond motifs is 1. The molecule has 0 aromatic heterocycles. The summed E-state index contributed by atoms with van der Waals surface area (Å²) in [5.74, 6) is 1.48. The molecule has 122 valence electrons. The third-order valence-electron chi connectivity index (χ3n) is 4.92. The number of hydrogen-bond acceptors (Lipinski definition) is 3. The molecular weight excluding hydrogens is 288 g/mol. The van der Waals surface area contributed by atoms with Crippen LogP contribution in [-0.2, 0) is 4.74 Å². The first-order valence-electron chi connectivity index (χ1n) is 8.37. The van der Waals surface area contributed by atoms with Gasteiger partial charge < -0.3 is 9.47 Å². The van der Waals surface area contributed by atoms with Gasteiger partial charge in [-0.1, -0.05) is 19.1 Å². The van der Waals surface area contributed by atoms with Crippen molar-refractivity contribution >= 4 is 16.7 Å². The highest BCUT2D eigenvalue weighted by molar-refractivity contribution is 5.96. The maximum absolute atomic E-state index is 11.7. The lowest BCUT2D eigenvalue weighted by molar-refractivity contribution is 0.0601. The Morgan fingerprint density at radius 3 is 2.52 bits per heavy atom. The van der Waals surface area contributed by atoms with E-state index in [1.165, 1.54) is 20.0 Å². The second kappa shape index (κ2) is 6.61. The predicted molar refractivity (Wildman–Crippen MR) is 92.1 cm³/mol. The quantitative estimate of drug-likeness (QED) is 0.757. The molecular formula is C20H24O3. The first kappa shape index (κ1) is 15.9. The summed E-state index contributed by atoms with van der Waals surface area (Å²) >= 11 is 0. The van der Waals surface area contributed by atoms with E-state index in [4.69, 9.17) is 9.47 Å². The highest BCUT2D eigenvalue weighted by Crippen LogP contribution is 2.32. The number of methoxy groups -OCH3 is 1. The van der Waals surface area contributed by atoms with E-state index in [0.717, 1.165) is 40.8 Å². The van der Waals surface area contributed by atoms with E-state index in [0.29, 0.717) is 11.7 Å². The van der Waals surface area contributed by atoms with Crippen LogP contribution in [0, 0.1) is 12.8 Å². The van der Waals surface area contributed by atoms with Gasteiger partial charge in [0, 0.05) is 0 Å². The third-order valence-corrected chi connectivity index (χ3v) is 4.92. The van der Waals surface area contributed by atoms with Gasteiger partial charge in [-0.15, -0.1) is 0 Å². The summed E-state index contributed by atoms with van der Waals surface area (Å²) in [5.41, 5.74) is 1.71. The van der Waals surface area contributed by atoms with Crippen LogP contribution in [0.2, 0.25) is 0 Å². The summed E-state index contributed by atoms with van der Waals surface area (Å²) in [7, 11) is 1.40. The van der Waals surface area contributed by atoms with Crippen LogP contribution in [0.5, 0.6) is 5.75 Å². The van der Waals surface area contributed by atoms with E-state index in [1.807, 2.05) is 30.3 Å². The summed E-state index contributed by atoms with van der Waals surface area (Å²) in [6.07, 6.45) is 5.11. The summed E-state index contributed by atoms with van der Waals surface area (Å²) in [6.45, 7) is 4.40. The summed E-state index contributed by atoms with van der Waals surface area (Å²) in [6, 6.07) is 9.71. The fourth-order valence-electron chi connectivity index (χ4n) is 3.36. The van der Waals surface area contributed by atoms with Crippen LogP contribution in [-0.4, -0.2) is 19.2 Å². The molecule has 0 amide bonds. The van der Waals surface area contributed by atoms with Gasteiger partial charge in [0.15, 0.2) is 0 Å². The van der Waals surface area contributed by atoms with Crippen LogP contribution in [0.4, 0.5) is 0 Å². The van der Waals surface area contributed by atoms with Gasteiger partial charge >= 0.3 is 5.97 Å². The van der Waals surface area contributed by atoms with E-state index < -0.39 is 0 Å². The predicted octanol–water partition coefficient (Wildman–Crippen LogP) is 4.89. The van der Waals surface area contributed by atoms with E-state index in [2.05, 4.69) is 13.8 Å². The molecule has 0 N–H and O–H groups in total. The Balaban J connectivity index is 1.85. The molecule has 0 bridgehead atoms. The minimum atomic E-state index is -0.304. The molecule has 1 aliphatic carbocycles. The Bertz CT molecular complexity index is 712. The van der Waals surface area contributed by atoms with Crippen molar-refractivity contribution in [3.8, 4) is 5.75 Å². The lowest BCUT2D eigenvalue weighted by Gasteiger charge is -2.27. The van der Waals surface area contributed by atoms with Crippen LogP contribution in [0.15, 0.2) is 30.3 Å². The molecule has 0 aliphatic heterocycles. The largest absolute Gasteiger partial charge is 0.490 e. The molecule has 0 atom stereocenters. The highest BCUT2D eigenvalue weighted by atomic mass is 16.5. The zero-order chi connectivity index (χ0) is 16.4. The molecule has 0 unspecified atom stereocenters. The molecule has 0 radical (unpaired) electrons. The van der Waals surface area contributed by atoms with Gasteiger partial charge in [0.25, 0.3) is 0 Å². The average molecular weight is 312 g/mol. The number of carbonyl (C=O) groups is 1. The zero-order valence-corrected chi connectivity index (χ0v) is 14.1. The van der Waals surface area contributed by atoms with Crippen LogP contribution in [0.3, 0.4) is 0 Å². The summed E-state index contributed by atoms with van der Waals surface area (Å²) in [4.78, 5) is 11.7. The van der Waals surface area contributed by atoms with Crippen molar-refractivity contribution < 1.29 is 14.3 Å². The van der Waals surface area contributed by atoms with Crippen molar-refractivity contribution in [1.82, 2.24) is 0 Å². The molecule has 23 heavy (non-hydrogen) atoms. The number of aryl methyl sites for hydroxylation is 1. The first-order valence-corrected chi connectivity index (χ1v) is 8.37. The fourth-order valence-corrected chi connectivity index (χ4v) is 3.36. The number of carbonyl (C=O) groups excluding carboxylic acids is 1. The second-order valence-electron chi connectivity index (χ2n) is 6.62. The van der Waals surface area contributed by atoms with Gasteiger partial charge in [0.05, 0.1) is 18.8 Å². The topological polar surface area (TPSA) is 35.5 Å². The van der Waals surface area contributed by atoms with E-state index in [1.54, 1.807) is 0 Å². The average Bonchev–Trinajstić information content (AvgIpc) is 2.58. The van der Waals surface area contributed by atoms with Crippen molar-refractivity contribution in [1.29, 1.82) is 0 Å². The van der Waals surface area contributed by atoms with Crippen molar-refractivity contribution in [3.05, 3.63) is 41.5 Å². The molecule has 0 saturated heterocycles. The first-order chi connectivity index (χ1) is 11.1. The maximum Gasteiger partial charge on any atom is 0.337 e. The molecule has 1 fully saturated rings. The number of ether oxygens (including phenoxy) is 2. The SMILES string of the molecule is COC(=O)c1ccc2c(C)c(OC3CCC(C)CC3)ccc2c1. The Morgan fingerprint density at radius 2 is 1.83 bits per heavy atom. The lowest BCUT2D eigenvalue weighted by Crippen LogP contribution is -2.23. The normalized spacial score (nSPS) is 21.2. The fraction of sp³-hybridized carbons (Fsp3) is 0.450. The molecule has 0 heterocycles. The van der Waals surface area contributed by atoms with Crippen molar-refractivity contribution in [2.24, 2.45) is 5.92 Å². The van der Waals surface area contributed by atoms with Crippen LogP contribution < -0.4 is 4.74 Å². The third kappa shape index (κ3) is 3.34. The van der Waals surface area contributed by atoms with Gasteiger partial charge in [-0.2, -0.15) is 0 Å².